The van der Waals surface area contributed by atoms with Crippen molar-refractivity contribution in [3.63, 3.8) is 0 Å². The first-order valence-corrected chi connectivity index (χ1v) is 9.54. The smallest absolute Gasteiger partial charge is 0.338 e. The summed E-state index contributed by atoms with van der Waals surface area (Å²) in [6.45, 7) is 5.41. The number of amides is 1. The quantitative estimate of drug-likeness (QED) is 0.579. The maximum atomic E-state index is 12.1. The Morgan fingerprint density at radius 1 is 1.08 bits per heavy atom. The van der Waals surface area contributed by atoms with Crippen LogP contribution in [0.15, 0.2) is 45.3 Å². The van der Waals surface area contributed by atoms with E-state index in [0.29, 0.717) is 17.0 Å². The second-order valence-electron chi connectivity index (χ2n) is 5.92. The van der Waals surface area contributed by atoms with Crippen LogP contribution >= 0.6 is 31.9 Å². The van der Waals surface area contributed by atoms with Crippen LogP contribution in [0.4, 0.5) is 5.69 Å². The van der Waals surface area contributed by atoms with E-state index in [0.717, 1.165) is 14.5 Å². The summed E-state index contributed by atoms with van der Waals surface area (Å²) in [7, 11) is 0. The van der Waals surface area contributed by atoms with Gasteiger partial charge in [0.05, 0.1) is 17.4 Å². The summed E-state index contributed by atoms with van der Waals surface area (Å²) in [5.74, 6) is -0.329. The lowest BCUT2D eigenvalue weighted by molar-refractivity contribution is -0.119. The lowest BCUT2D eigenvalue weighted by Crippen LogP contribution is -2.21. The van der Waals surface area contributed by atoms with Crippen LogP contribution in [0.5, 0.6) is 5.75 Å². The van der Waals surface area contributed by atoms with E-state index >= 15 is 0 Å². The van der Waals surface area contributed by atoms with Crippen molar-refractivity contribution in [1.29, 1.82) is 0 Å². The summed E-state index contributed by atoms with van der Waals surface area (Å²) >= 11 is 6.80. The van der Waals surface area contributed by atoms with Gasteiger partial charge in [-0.25, -0.2) is 4.79 Å². The molecule has 7 heteroatoms. The summed E-state index contributed by atoms with van der Waals surface area (Å²) < 4.78 is 12.1. The van der Waals surface area contributed by atoms with Crippen LogP contribution in [0.25, 0.3) is 0 Å². The highest BCUT2D eigenvalue weighted by atomic mass is 79.9. The molecule has 5 nitrogen and oxygen atoms in total. The van der Waals surface area contributed by atoms with Crippen LogP contribution in [0.1, 0.15) is 29.8 Å². The standard InChI is InChI=1S/C19H19Br2NO4/c1-11(2)26-14-6-4-13(5-7-14)19(24)25-10-17(23)22-18-15(20)8-12(3)9-16(18)21/h4-9,11H,10H2,1-3H3,(H,22,23). The SMILES string of the molecule is Cc1cc(Br)c(NC(=O)COC(=O)c2ccc(OC(C)C)cc2)c(Br)c1. The van der Waals surface area contributed by atoms with E-state index in [4.69, 9.17) is 9.47 Å². The van der Waals surface area contributed by atoms with Crippen molar-refractivity contribution in [3.05, 3.63) is 56.5 Å². The largest absolute Gasteiger partial charge is 0.491 e. The molecule has 1 N–H and O–H groups in total. The lowest BCUT2D eigenvalue weighted by Gasteiger charge is -2.12. The molecule has 0 heterocycles. The first-order chi connectivity index (χ1) is 12.3. The van der Waals surface area contributed by atoms with Crippen molar-refractivity contribution in [3.8, 4) is 5.75 Å². The fourth-order valence-electron chi connectivity index (χ4n) is 2.15. The Balaban J connectivity index is 1.92. The number of esters is 1. The maximum Gasteiger partial charge on any atom is 0.338 e. The second-order valence-corrected chi connectivity index (χ2v) is 7.63. The molecule has 0 bridgehead atoms. The Labute approximate surface area is 169 Å². The zero-order valence-corrected chi connectivity index (χ0v) is 17.8. The van der Waals surface area contributed by atoms with Crippen LogP contribution in [0, 0.1) is 6.92 Å². The van der Waals surface area contributed by atoms with E-state index in [1.807, 2.05) is 32.9 Å². The van der Waals surface area contributed by atoms with Gasteiger partial charge in [0.15, 0.2) is 6.61 Å². The molecule has 0 aliphatic rings. The molecule has 0 unspecified atom stereocenters. The molecule has 138 valence electrons. The van der Waals surface area contributed by atoms with E-state index in [-0.39, 0.29) is 12.7 Å². The Kier molecular flexibility index (Phi) is 7.23. The van der Waals surface area contributed by atoms with Crippen molar-refractivity contribution in [1.82, 2.24) is 0 Å². The van der Waals surface area contributed by atoms with Gasteiger partial charge in [0, 0.05) is 8.95 Å². The number of anilines is 1. The first kappa shape index (κ1) is 20.5. The molecule has 2 aromatic rings. The number of rotatable bonds is 6. The normalized spacial score (nSPS) is 10.5. The highest BCUT2D eigenvalue weighted by Gasteiger charge is 2.13. The fourth-order valence-corrected chi connectivity index (χ4v) is 3.76. The molecule has 0 aromatic heterocycles. The van der Waals surface area contributed by atoms with E-state index in [1.54, 1.807) is 24.3 Å². The minimum absolute atomic E-state index is 0.0527. The van der Waals surface area contributed by atoms with Gasteiger partial charge in [-0.3, -0.25) is 4.79 Å². The molecule has 0 saturated heterocycles. The zero-order chi connectivity index (χ0) is 19.3. The number of nitrogens with one attached hydrogen (secondary N) is 1. The van der Waals surface area contributed by atoms with Crippen molar-refractivity contribution in [2.24, 2.45) is 0 Å². The Morgan fingerprint density at radius 3 is 2.19 bits per heavy atom. The summed E-state index contributed by atoms with van der Waals surface area (Å²) in [5, 5.41) is 2.71. The Bertz CT molecular complexity index is 781. The second kappa shape index (κ2) is 9.19. The maximum absolute atomic E-state index is 12.1. The molecule has 2 aromatic carbocycles. The molecular weight excluding hydrogens is 466 g/mol. The average Bonchev–Trinajstić information content (AvgIpc) is 2.56. The molecule has 0 aliphatic heterocycles. The topological polar surface area (TPSA) is 64.6 Å². The summed E-state index contributed by atoms with van der Waals surface area (Å²) in [4.78, 5) is 24.1. The van der Waals surface area contributed by atoms with Crippen LogP contribution in [0.3, 0.4) is 0 Å². The predicted molar refractivity (Wildman–Crippen MR) is 108 cm³/mol. The lowest BCUT2D eigenvalue weighted by atomic mass is 10.2. The van der Waals surface area contributed by atoms with Gasteiger partial charge in [0.2, 0.25) is 0 Å². The molecular formula is C19H19Br2NO4. The van der Waals surface area contributed by atoms with Crippen LogP contribution < -0.4 is 10.1 Å². The van der Waals surface area contributed by atoms with Crippen LogP contribution in [-0.2, 0) is 9.53 Å². The number of carbonyl (C=O) groups is 2. The number of halogens is 2. The van der Waals surface area contributed by atoms with Gasteiger partial charge in [-0.2, -0.15) is 0 Å². The monoisotopic (exact) mass is 483 g/mol. The molecule has 0 aliphatic carbocycles. The van der Waals surface area contributed by atoms with Crippen LogP contribution in [0.2, 0.25) is 0 Å². The van der Waals surface area contributed by atoms with Crippen molar-refractivity contribution in [2.75, 3.05) is 11.9 Å². The van der Waals surface area contributed by atoms with E-state index in [1.165, 1.54) is 0 Å². The first-order valence-electron chi connectivity index (χ1n) is 7.95. The highest BCUT2D eigenvalue weighted by molar-refractivity contribution is 9.11. The molecule has 0 spiro atoms. The molecule has 0 atom stereocenters. The van der Waals surface area contributed by atoms with Gasteiger partial charge >= 0.3 is 5.97 Å². The van der Waals surface area contributed by atoms with E-state index in [2.05, 4.69) is 37.2 Å². The molecule has 0 radical (unpaired) electrons. The van der Waals surface area contributed by atoms with E-state index < -0.39 is 11.9 Å². The molecule has 1 amide bonds. The fraction of sp³-hybridized carbons (Fsp3) is 0.263. The van der Waals surface area contributed by atoms with Crippen molar-refractivity contribution < 1.29 is 19.1 Å². The number of ether oxygens (including phenoxy) is 2. The summed E-state index contributed by atoms with van der Waals surface area (Å²) in [5.41, 5.74) is 1.98. The van der Waals surface area contributed by atoms with Gasteiger partial charge in [-0.15, -0.1) is 0 Å². The average molecular weight is 485 g/mol. The summed E-state index contributed by atoms with van der Waals surface area (Å²) in [6.07, 6.45) is 0.0527. The third-order valence-corrected chi connectivity index (χ3v) is 4.50. The van der Waals surface area contributed by atoms with Gasteiger partial charge in [0.25, 0.3) is 5.91 Å². The number of hydrogen-bond donors (Lipinski definition) is 1. The van der Waals surface area contributed by atoms with Gasteiger partial charge < -0.3 is 14.8 Å². The van der Waals surface area contributed by atoms with Crippen molar-refractivity contribution >= 4 is 49.4 Å². The van der Waals surface area contributed by atoms with Gasteiger partial charge in [-0.1, -0.05) is 0 Å². The third kappa shape index (κ3) is 5.85. The minimum atomic E-state index is -0.571. The van der Waals surface area contributed by atoms with Gasteiger partial charge in [-0.05, 0) is 94.6 Å². The van der Waals surface area contributed by atoms with Crippen molar-refractivity contribution in [2.45, 2.75) is 26.9 Å². The predicted octanol–water partition coefficient (Wildman–Crippen LogP) is 5.10. The Hall–Kier alpha value is -1.86. The van der Waals surface area contributed by atoms with Crippen LogP contribution in [-0.4, -0.2) is 24.6 Å². The highest BCUT2D eigenvalue weighted by Crippen LogP contribution is 2.32. The molecule has 26 heavy (non-hydrogen) atoms. The summed E-state index contributed by atoms with van der Waals surface area (Å²) in [6, 6.07) is 10.4. The number of aryl methyl sites for hydroxylation is 1. The number of hydrogen-bond acceptors (Lipinski definition) is 4. The molecule has 0 saturated carbocycles. The number of carbonyl (C=O) groups excluding carboxylic acids is 2. The van der Waals surface area contributed by atoms with Gasteiger partial charge in [0.1, 0.15) is 5.75 Å². The zero-order valence-electron chi connectivity index (χ0n) is 14.6. The minimum Gasteiger partial charge on any atom is -0.491 e. The Morgan fingerprint density at radius 2 is 1.65 bits per heavy atom. The van der Waals surface area contributed by atoms with E-state index in [9.17, 15) is 9.59 Å². The molecule has 0 fully saturated rings. The number of benzene rings is 2. The molecule has 2 rings (SSSR count). The third-order valence-electron chi connectivity index (χ3n) is 3.25.